The molecule has 1 aromatic heterocycles. The van der Waals surface area contributed by atoms with E-state index in [2.05, 4.69) is 65.2 Å². The molecule has 0 amide bonds. The van der Waals surface area contributed by atoms with Crippen LogP contribution in [0.25, 0.3) is 5.69 Å². The first kappa shape index (κ1) is 15.8. The first-order chi connectivity index (χ1) is 12.3. The Bertz CT molecular complexity index is 854. The van der Waals surface area contributed by atoms with Crippen molar-refractivity contribution in [3.05, 3.63) is 78.1 Å². The van der Waals surface area contributed by atoms with Crippen molar-refractivity contribution in [3.8, 4) is 11.4 Å². The highest BCUT2D eigenvalue weighted by Crippen LogP contribution is 2.37. The summed E-state index contributed by atoms with van der Waals surface area (Å²) in [6.07, 6.45) is 4.13. The van der Waals surface area contributed by atoms with Gasteiger partial charge >= 0.3 is 0 Å². The molecule has 2 aromatic carbocycles. The number of aryl methyl sites for hydroxylation is 1. The number of para-hydroxylation sites is 2. The molecule has 4 heteroatoms. The summed E-state index contributed by atoms with van der Waals surface area (Å²) in [5.41, 5.74) is 4.62. The zero-order chi connectivity index (χ0) is 17.2. The second-order valence-corrected chi connectivity index (χ2v) is 6.28. The molecule has 0 aliphatic carbocycles. The molecule has 4 rings (SSSR count). The van der Waals surface area contributed by atoms with Gasteiger partial charge in [0.1, 0.15) is 5.75 Å². The minimum Gasteiger partial charge on any atom is -0.495 e. The smallest absolute Gasteiger partial charge is 0.158 e. The molecule has 128 valence electrons. The van der Waals surface area contributed by atoms with Crippen LogP contribution in [0.1, 0.15) is 17.4 Å². The number of nitrogens with zero attached hydrogens (tertiary/aromatic N) is 2. The average Bonchev–Trinajstić information content (AvgIpc) is 3.31. The van der Waals surface area contributed by atoms with Crippen molar-refractivity contribution in [1.29, 1.82) is 0 Å². The van der Waals surface area contributed by atoms with Crippen LogP contribution in [0.15, 0.2) is 67.0 Å². The lowest BCUT2D eigenvalue weighted by molar-refractivity contribution is 0.113. The van der Waals surface area contributed by atoms with Gasteiger partial charge in [0.2, 0.25) is 0 Å². The maximum atomic E-state index is 6.03. The fraction of sp³-hybridized carbons (Fsp3) is 0.238. The maximum Gasteiger partial charge on any atom is 0.158 e. The molecule has 1 aliphatic heterocycles. The molecule has 3 aromatic rings. The van der Waals surface area contributed by atoms with Crippen LogP contribution in [0, 0.1) is 6.92 Å². The van der Waals surface area contributed by atoms with Crippen molar-refractivity contribution in [2.24, 2.45) is 0 Å². The predicted molar refractivity (Wildman–Crippen MR) is 99.5 cm³/mol. The minimum atomic E-state index is -0.0944. The number of ether oxygens (including phenoxy) is 2. The number of anilines is 1. The largest absolute Gasteiger partial charge is 0.495 e. The lowest BCUT2D eigenvalue weighted by Gasteiger charge is -2.26. The molecule has 0 unspecified atom stereocenters. The molecule has 25 heavy (non-hydrogen) atoms. The van der Waals surface area contributed by atoms with Crippen LogP contribution in [-0.2, 0) is 4.74 Å². The van der Waals surface area contributed by atoms with Crippen molar-refractivity contribution < 1.29 is 9.47 Å². The Labute approximate surface area is 148 Å². The highest BCUT2D eigenvalue weighted by atomic mass is 16.5. The molecule has 1 saturated heterocycles. The van der Waals surface area contributed by atoms with Crippen molar-refractivity contribution in [3.63, 3.8) is 0 Å². The van der Waals surface area contributed by atoms with Crippen molar-refractivity contribution >= 4 is 5.69 Å². The lowest BCUT2D eigenvalue weighted by atomic mass is 10.2. The number of aromatic nitrogens is 1. The van der Waals surface area contributed by atoms with Gasteiger partial charge in [0.05, 0.1) is 19.4 Å². The van der Waals surface area contributed by atoms with Crippen LogP contribution in [-0.4, -0.2) is 24.8 Å². The van der Waals surface area contributed by atoms with Crippen molar-refractivity contribution in [2.75, 3.05) is 25.2 Å². The van der Waals surface area contributed by atoms with E-state index in [-0.39, 0.29) is 6.23 Å². The van der Waals surface area contributed by atoms with Crippen LogP contribution >= 0.6 is 0 Å². The summed E-state index contributed by atoms with van der Waals surface area (Å²) in [5, 5.41) is 0. The second-order valence-electron chi connectivity index (χ2n) is 6.28. The van der Waals surface area contributed by atoms with E-state index in [1.165, 1.54) is 5.56 Å². The van der Waals surface area contributed by atoms with Gasteiger partial charge in [-0.05, 0) is 37.3 Å². The molecular weight excluding hydrogens is 312 g/mol. The quantitative estimate of drug-likeness (QED) is 0.710. The molecule has 0 bridgehead atoms. The molecule has 1 aliphatic rings. The Balaban J connectivity index is 1.64. The Morgan fingerprint density at radius 3 is 2.64 bits per heavy atom. The number of hydrogen-bond donors (Lipinski definition) is 0. The van der Waals surface area contributed by atoms with E-state index in [0.29, 0.717) is 6.61 Å². The van der Waals surface area contributed by atoms with Gasteiger partial charge in [-0.1, -0.05) is 29.8 Å². The SMILES string of the molecule is COc1ccccc1N1CCO[C@H]1c1ccn(-c2ccc(C)cc2)c1. The van der Waals surface area contributed by atoms with Gasteiger partial charge in [-0.15, -0.1) is 0 Å². The Kier molecular flexibility index (Phi) is 4.20. The number of rotatable bonds is 4. The summed E-state index contributed by atoms with van der Waals surface area (Å²) in [6.45, 7) is 3.65. The third-order valence-corrected chi connectivity index (χ3v) is 4.62. The van der Waals surface area contributed by atoms with Crippen LogP contribution in [0.5, 0.6) is 5.75 Å². The first-order valence-electron chi connectivity index (χ1n) is 8.52. The van der Waals surface area contributed by atoms with Crippen LogP contribution in [0.3, 0.4) is 0 Å². The van der Waals surface area contributed by atoms with Crippen molar-refractivity contribution in [1.82, 2.24) is 4.57 Å². The summed E-state index contributed by atoms with van der Waals surface area (Å²) >= 11 is 0. The summed E-state index contributed by atoms with van der Waals surface area (Å²) in [5.74, 6) is 0.871. The Hall–Kier alpha value is -2.72. The van der Waals surface area contributed by atoms with Gasteiger partial charge in [0.25, 0.3) is 0 Å². The van der Waals surface area contributed by atoms with E-state index in [1.807, 2.05) is 18.2 Å². The summed E-state index contributed by atoms with van der Waals surface area (Å²) in [7, 11) is 1.71. The molecule has 2 heterocycles. The zero-order valence-electron chi connectivity index (χ0n) is 14.6. The molecule has 1 atom stereocenters. The first-order valence-corrected chi connectivity index (χ1v) is 8.52. The number of methoxy groups -OCH3 is 1. The van der Waals surface area contributed by atoms with Gasteiger partial charge < -0.3 is 18.9 Å². The minimum absolute atomic E-state index is 0.0944. The van der Waals surface area contributed by atoms with Gasteiger partial charge in [0, 0.05) is 30.2 Å². The van der Waals surface area contributed by atoms with Gasteiger partial charge in [0.15, 0.2) is 6.23 Å². The van der Waals surface area contributed by atoms with Crippen molar-refractivity contribution in [2.45, 2.75) is 13.2 Å². The Morgan fingerprint density at radius 2 is 1.84 bits per heavy atom. The molecule has 0 saturated carbocycles. The third kappa shape index (κ3) is 3.01. The van der Waals surface area contributed by atoms with Gasteiger partial charge in [-0.3, -0.25) is 0 Å². The van der Waals surface area contributed by atoms with E-state index in [9.17, 15) is 0 Å². The van der Waals surface area contributed by atoms with Gasteiger partial charge in [-0.2, -0.15) is 0 Å². The normalized spacial score (nSPS) is 17.0. The van der Waals surface area contributed by atoms with Gasteiger partial charge in [-0.25, -0.2) is 0 Å². The van der Waals surface area contributed by atoms with E-state index < -0.39 is 0 Å². The number of hydrogen-bond acceptors (Lipinski definition) is 3. The van der Waals surface area contributed by atoms with Crippen LogP contribution in [0.4, 0.5) is 5.69 Å². The van der Waals surface area contributed by atoms with E-state index in [0.717, 1.165) is 29.2 Å². The summed E-state index contributed by atoms with van der Waals surface area (Å²) in [4.78, 5) is 2.26. The fourth-order valence-corrected chi connectivity index (χ4v) is 3.30. The van der Waals surface area contributed by atoms with E-state index in [4.69, 9.17) is 9.47 Å². The highest BCUT2D eigenvalue weighted by Gasteiger charge is 2.29. The standard InChI is InChI=1S/C21H22N2O2/c1-16-7-9-18(10-8-16)22-12-11-17(15-22)21-23(13-14-25-21)19-5-3-4-6-20(19)24-2/h3-12,15,21H,13-14H2,1-2H3/t21-/m0/s1. The van der Waals surface area contributed by atoms with E-state index in [1.54, 1.807) is 7.11 Å². The molecule has 1 fully saturated rings. The second kappa shape index (κ2) is 6.65. The maximum absolute atomic E-state index is 6.03. The molecule has 0 N–H and O–H groups in total. The molecular formula is C21H22N2O2. The summed E-state index contributed by atoms with van der Waals surface area (Å²) < 4.78 is 13.7. The molecule has 4 nitrogen and oxygen atoms in total. The van der Waals surface area contributed by atoms with Crippen LogP contribution < -0.4 is 9.64 Å². The molecule has 0 radical (unpaired) electrons. The lowest BCUT2D eigenvalue weighted by Crippen LogP contribution is -2.23. The Morgan fingerprint density at radius 1 is 1.04 bits per heavy atom. The fourth-order valence-electron chi connectivity index (χ4n) is 3.30. The van der Waals surface area contributed by atoms with Crippen LogP contribution in [0.2, 0.25) is 0 Å². The monoisotopic (exact) mass is 334 g/mol. The number of benzene rings is 2. The summed E-state index contributed by atoms with van der Waals surface area (Å²) in [6, 6.07) is 18.7. The third-order valence-electron chi connectivity index (χ3n) is 4.62. The average molecular weight is 334 g/mol. The predicted octanol–water partition coefficient (Wildman–Crippen LogP) is 4.33. The van der Waals surface area contributed by atoms with E-state index >= 15 is 0 Å². The highest BCUT2D eigenvalue weighted by molar-refractivity contribution is 5.60. The molecule has 0 spiro atoms. The zero-order valence-corrected chi connectivity index (χ0v) is 14.6. The topological polar surface area (TPSA) is 26.6 Å².